The normalized spacial score (nSPS) is 33.9. The second-order valence-electron chi connectivity index (χ2n) is 4.90. The van der Waals surface area contributed by atoms with E-state index in [1.54, 1.807) is 7.11 Å². The van der Waals surface area contributed by atoms with Crippen LogP contribution in [0.3, 0.4) is 0 Å². The second kappa shape index (κ2) is 9.91. The summed E-state index contributed by atoms with van der Waals surface area (Å²) in [5, 5.41) is -0.0448. The summed E-state index contributed by atoms with van der Waals surface area (Å²) in [4.78, 5) is 13.9. The van der Waals surface area contributed by atoms with Crippen LogP contribution >= 0.6 is 23.2 Å². The molecule has 115 valence electrons. The van der Waals surface area contributed by atoms with Crippen molar-refractivity contribution in [1.82, 2.24) is 4.90 Å². The van der Waals surface area contributed by atoms with Crippen LogP contribution in [0.5, 0.6) is 0 Å². The average molecular weight is 321 g/mol. The van der Waals surface area contributed by atoms with Crippen molar-refractivity contribution in [3.63, 3.8) is 0 Å². The molecule has 1 heterocycles. The lowest BCUT2D eigenvalue weighted by atomic mass is 9.91. The first-order valence-electron chi connectivity index (χ1n) is 7.24. The first kappa shape index (κ1) is 20.1. The first-order valence-corrected chi connectivity index (χ1v) is 8.11. The molecule has 0 spiro atoms. The molecule has 1 amide bonds. The zero-order chi connectivity index (χ0) is 14.4. The third-order valence-corrected chi connectivity index (χ3v) is 4.75. The van der Waals surface area contributed by atoms with Crippen LogP contribution in [0, 0.1) is 0 Å². The molecule has 0 N–H and O–H groups in total. The molecular formula is C14H25BCl2NO2. The molecule has 2 fully saturated rings. The van der Waals surface area contributed by atoms with Crippen LogP contribution in [0.4, 0.5) is 0 Å². The van der Waals surface area contributed by atoms with Crippen molar-refractivity contribution in [2.24, 2.45) is 0 Å². The fraction of sp³-hybridized carbons (Fsp3) is 0.929. The molecule has 0 aromatic heterocycles. The Balaban J connectivity index is 0.00000115. The number of carbonyl (C=O) groups is 1. The molecule has 0 bridgehead atoms. The van der Waals surface area contributed by atoms with E-state index in [2.05, 4.69) is 0 Å². The van der Waals surface area contributed by atoms with Gasteiger partial charge in [-0.15, -0.1) is 23.2 Å². The van der Waals surface area contributed by atoms with Gasteiger partial charge in [-0.1, -0.05) is 20.3 Å². The number of nitrogens with zero attached hydrogens (tertiary/aromatic N) is 1. The fourth-order valence-corrected chi connectivity index (χ4v) is 3.79. The van der Waals surface area contributed by atoms with E-state index < -0.39 is 0 Å². The molecule has 2 rings (SSSR count). The van der Waals surface area contributed by atoms with Gasteiger partial charge < -0.3 is 9.64 Å². The molecule has 1 aliphatic heterocycles. The SMILES string of the molecule is CC.COC1CCC(=O)N(C2C(Cl)CCCC2Cl)C1.[B]. The van der Waals surface area contributed by atoms with E-state index >= 15 is 0 Å². The minimum Gasteiger partial charge on any atom is -0.380 e. The Morgan fingerprint density at radius 2 is 1.70 bits per heavy atom. The molecule has 0 aromatic carbocycles. The number of likely N-dealkylation sites (tertiary alicyclic amines) is 1. The second-order valence-corrected chi connectivity index (χ2v) is 6.02. The Bertz CT molecular complexity index is 284. The minimum absolute atomic E-state index is 0. The summed E-state index contributed by atoms with van der Waals surface area (Å²) >= 11 is 12.7. The highest BCUT2D eigenvalue weighted by Gasteiger charge is 2.40. The van der Waals surface area contributed by atoms with Crippen molar-refractivity contribution >= 4 is 37.5 Å². The summed E-state index contributed by atoms with van der Waals surface area (Å²) in [6.45, 7) is 4.63. The van der Waals surface area contributed by atoms with Gasteiger partial charge in [0.25, 0.3) is 0 Å². The summed E-state index contributed by atoms with van der Waals surface area (Å²) in [7, 11) is 1.69. The van der Waals surface area contributed by atoms with E-state index in [0.717, 1.165) is 25.7 Å². The lowest BCUT2D eigenvalue weighted by Crippen LogP contribution is -2.56. The molecule has 0 aromatic rings. The van der Waals surface area contributed by atoms with Crippen LogP contribution in [0.15, 0.2) is 0 Å². The van der Waals surface area contributed by atoms with E-state index in [9.17, 15) is 4.79 Å². The van der Waals surface area contributed by atoms with Gasteiger partial charge in [0.05, 0.1) is 22.9 Å². The zero-order valence-corrected chi connectivity index (χ0v) is 14.2. The van der Waals surface area contributed by atoms with Crippen LogP contribution in [-0.4, -0.2) is 55.8 Å². The van der Waals surface area contributed by atoms with Gasteiger partial charge in [-0.25, -0.2) is 0 Å². The minimum atomic E-state index is -0.0301. The Kier molecular flexibility index (Phi) is 9.95. The molecule has 1 saturated heterocycles. The number of rotatable bonds is 2. The Morgan fingerprint density at radius 1 is 1.15 bits per heavy atom. The summed E-state index contributed by atoms with van der Waals surface area (Å²) in [5.74, 6) is 0.168. The number of halogens is 2. The van der Waals surface area contributed by atoms with E-state index in [4.69, 9.17) is 27.9 Å². The summed E-state index contributed by atoms with van der Waals surface area (Å²) in [6.07, 6.45) is 4.41. The van der Waals surface area contributed by atoms with Gasteiger partial charge in [-0.2, -0.15) is 0 Å². The van der Waals surface area contributed by atoms with Crippen LogP contribution < -0.4 is 0 Å². The van der Waals surface area contributed by atoms with Gasteiger partial charge in [0, 0.05) is 28.5 Å². The van der Waals surface area contributed by atoms with Crippen LogP contribution in [0.2, 0.25) is 0 Å². The highest BCUT2D eigenvalue weighted by atomic mass is 35.5. The molecule has 3 nitrogen and oxygen atoms in total. The van der Waals surface area contributed by atoms with E-state index in [0.29, 0.717) is 13.0 Å². The van der Waals surface area contributed by atoms with Crippen LogP contribution in [0.1, 0.15) is 46.0 Å². The molecule has 3 radical (unpaired) electrons. The van der Waals surface area contributed by atoms with Crippen molar-refractivity contribution in [1.29, 1.82) is 0 Å². The number of hydrogen-bond acceptors (Lipinski definition) is 2. The standard InChI is InChI=1S/C12H19Cl2NO2.C2H6.B/c1-17-8-5-6-11(16)15(7-8)12-9(13)3-2-4-10(12)14;1-2;/h8-10,12H,2-7H2,1H3;1-2H3;. The van der Waals surface area contributed by atoms with Gasteiger partial charge in [-0.05, 0) is 19.3 Å². The topological polar surface area (TPSA) is 29.5 Å². The summed E-state index contributed by atoms with van der Waals surface area (Å²) in [5.41, 5.74) is 0. The summed E-state index contributed by atoms with van der Waals surface area (Å²) in [6, 6.07) is -0.0301. The van der Waals surface area contributed by atoms with E-state index in [1.165, 1.54) is 0 Å². The molecule has 2 aliphatic rings. The van der Waals surface area contributed by atoms with E-state index in [1.807, 2.05) is 18.7 Å². The quantitative estimate of drug-likeness (QED) is 0.578. The Hall–Kier alpha value is 0.0749. The van der Waals surface area contributed by atoms with Crippen molar-refractivity contribution < 1.29 is 9.53 Å². The molecular weight excluding hydrogens is 296 g/mol. The number of methoxy groups -OCH3 is 1. The maximum atomic E-state index is 12.0. The third kappa shape index (κ3) is 4.82. The third-order valence-electron chi connectivity index (χ3n) is 3.80. The molecule has 3 atom stereocenters. The molecule has 3 unspecified atom stereocenters. The smallest absolute Gasteiger partial charge is 0.223 e. The van der Waals surface area contributed by atoms with Gasteiger partial charge in [0.2, 0.25) is 5.91 Å². The maximum Gasteiger partial charge on any atom is 0.223 e. The molecule has 6 heteroatoms. The molecule has 20 heavy (non-hydrogen) atoms. The highest BCUT2D eigenvalue weighted by Crippen LogP contribution is 2.33. The van der Waals surface area contributed by atoms with Gasteiger partial charge in [0.1, 0.15) is 0 Å². The van der Waals surface area contributed by atoms with Crippen LogP contribution in [-0.2, 0) is 9.53 Å². The largest absolute Gasteiger partial charge is 0.380 e. The monoisotopic (exact) mass is 320 g/mol. The predicted octanol–water partition coefficient (Wildman–Crippen LogP) is 3.04. The number of ether oxygens (including phenoxy) is 1. The molecule has 1 saturated carbocycles. The highest BCUT2D eigenvalue weighted by molar-refractivity contribution is 6.25. The predicted molar refractivity (Wildman–Crippen MR) is 85.8 cm³/mol. The van der Waals surface area contributed by atoms with Crippen molar-refractivity contribution in [2.75, 3.05) is 13.7 Å². The zero-order valence-electron chi connectivity index (χ0n) is 12.6. The number of alkyl halides is 2. The van der Waals surface area contributed by atoms with Crippen molar-refractivity contribution in [2.45, 2.75) is 68.9 Å². The first-order chi connectivity index (χ1) is 9.13. The number of hydrogen-bond donors (Lipinski definition) is 0. The number of amides is 1. The Morgan fingerprint density at radius 3 is 2.20 bits per heavy atom. The molecule has 1 aliphatic carbocycles. The van der Waals surface area contributed by atoms with Crippen molar-refractivity contribution in [3.05, 3.63) is 0 Å². The average Bonchev–Trinajstić information content (AvgIpc) is 2.43. The van der Waals surface area contributed by atoms with Crippen LogP contribution in [0.25, 0.3) is 0 Å². The summed E-state index contributed by atoms with van der Waals surface area (Å²) < 4.78 is 5.35. The fourth-order valence-electron chi connectivity index (χ4n) is 2.79. The van der Waals surface area contributed by atoms with Gasteiger partial charge in [0.15, 0.2) is 0 Å². The van der Waals surface area contributed by atoms with Crippen molar-refractivity contribution in [3.8, 4) is 0 Å². The maximum absolute atomic E-state index is 12.0. The number of carbonyl (C=O) groups excluding carboxylic acids is 1. The van der Waals surface area contributed by atoms with E-state index in [-0.39, 0.29) is 37.2 Å². The number of piperidine rings is 1. The lowest BCUT2D eigenvalue weighted by Gasteiger charge is -2.43. The lowest BCUT2D eigenvalue weighted by molar-refractivity contribution is -0.141. The Labute approximate surface area is 134 Å². The van der Waals surface area contributed by atoms with Gasteiger partial charge >= 0.3 is 0 Å². The van der Waals surface area contributed by atoms with Gasteiger partial charge in [-0.3, -0.25) is 4.79 Å².